The smallest absolute Gasteiger partial charge is 0.222 e. The fourth-order valence-electron chi connectivity index (χ4n) is 4.45. The zero-order chi connectivity index (χ0) is 29.9. The Morgan fingerprint density at radius 1 is 1.10 bits per heavy atom. The second-order valence-corrected chi connectivity index (χ2v) is 11.6. The Kier molecular flexibility index (Phi) is 13.1. The van der Waals surface area contributed by atoms with Crippen LogP contribution in [-0.4, -0.2) is 67.2 Å². The molecule has 1 heterocycles. The lowest BCUT2D eigenvalue weighted by molar-refractivity contribution is -0.130. The Hall–Kier alpha value is -2.50. The van der Waals surface area contributed by atoms with E-state index < -0.39 is 24.3 Å². The molecule has 8 nitrogen and oxygen atoms in total. The van der Waals surface area contributed by atoms with E-state index in [0.29, 0.717) is 24.4 Å². The molecule has 4 atom stereocenters. The Bertz CT molecular complexity index is 1280. The van der Waals surface area contributed by atoms with E-state index in [4.69, 9.17) is 16.7 Å². The molecule has 0 saturated carbocycles. The predicted molar refractivity (Wildman–Crippen MR) is 163 cm³/mol. The second-order valence-electron chi connectivity index (χ2n) is 10.1. The van der Waals surface area contributed by atoms with Gasteiger partial charge in [-0.15, -0.1) is 0 Å². The molecule has 0 radical (unpaired) electrons. The third-order valence-electron chi connectivity index (χ3n) is 7.05. The van der Waals surface area contributed by atoms with Crippen molar-refractivity contribution in [1.29, 1.82) is 0 Å². The predicted octanol–water partition coefficient (Wildman–Crippen LogP) is 4.80. The van der Waals surface area contributed by atoms with Gasteiger partial charge in [0.1, 0.15) is 6.10 Å². The number of amides is 1. The van der Waals surface area contributed by atoms with E-state index in [9.17, 15) is 20.1 Å². The number of carbonyl (C=O) groups excluding carboxylic acids is 1. The number of aryl methyl sites for hydroxylation is 1. The molecule has 4 unspecified atom stereocenters. The molecule has 41 heavy (non-hydrogen) atoms. The highest BCUT2D eigenvalue weighted by Gasteiger charge is 2.25. The number of hydrogen-bond donors (Lipinski definition) is 5. The molecule has 1 amide bonds. The summed E-state index contributed by atoms with van der Waals surface area (Å²) in [6.45, 7) is 6.56. The molecule has 2 aromatic carbocycles. The quantitative estimate of drug-likeness (QED) is 0.0956. The number of nitrogens with one attached hydrogen (secondary N) is 1. The van der Waals surface area contributed by atoms with Gasteiger partial charge in [-0.3, -0.25) is 9.78 Å². The summed E-state index contributed by atoms with van der Waals surface area (Å²) in [6.07, 6.45) is 0.458. The van der Waals surface area contributed by atoms with E-state index in [1.807, 2.05) is 37.4 Å². The van der Waals surface area contributed by atoms with Crippen molar-refractivity contribution < 1.29 is 25.2 Å². The number of carbonyl (C=O) groups is 1. The van der Waals surface area contributed by atoms with Crippen LogP contribution in [0.3, 0.4) is 0 Å². The topological polar surface area (TPSA) is 126 Å². The first kappa shape index (κ1) is 33.0. The monoisotopic (exact) mass is 601 g/mol. The van der Waals surface area contributed by atoms with Crippen molar-refractivity contribution in [2.45, 2.75) is 75.8 Å². The van der Waals surface area contributed by atoms with Crippen molar-refractivity contribution in [1.82, 2.24) is 14.6 Å². The lowest BCUT2D eigenvalue weighted by atomic mass is 9.98. The van der Waals surface area contributed by atoms with Gasteiger partial charge in [0.25, 0.3) is 0 Å². The lowest BCUT2D eigenvalue weighted by Gasteiger charge is -2.29. The van der Waals surface area contributed by atoms with Gasteiger partial charge >= 0.3 is 0 Å². The minimum atomic E-state index is -1.61. The molecule has 0 fully saturated rings. The molecule has 3 rings (SSSR count). The van der Waals surface area contributed by atoms with Gasteiger partial charge in [-0.1, -0.05) is 35.9 Å². The maximum atomic E-state index is 12.4. The molecular formula is C31H40ClN3O5S. The molecule has 10 heteroatoms. The molecule has 222 valence electrons. The van der Waals surface area contributed by atoms with Crippen molar-refractivity contribution in [3.63, 3.8) is 0 Å². The highest BCUT2D eigenvalue weighted by atomic mass is 35.5. The summed E-state index contributed by atoms with van der Waals surface area (Å²) in [5, 5.41) is 41.6. The minimum Gasteiger partial charge on any atom is -0.396 e. The molecule has 5 N–H and O–H groups in total. The summed E-state index contributed by atoms with van der Waals surface area (Å²) >= 11 is 8.05. The largest absolute Gasteiger partial charge is 0.396 e. The van der Waals surface area contributed by atoms with Crippen molar-refractivity contribution in [2.75, 3.05) is 13.2 Å². The van der Waals surface area contributed by atoms with Crippen LogP contribution in [-0.2, 0) is 4.79 Å². The summed E-state index contributed by atoms with van der Waals surface area (Å²) < 4.78 is 2.29. The average molecular weight is 602 g/mol. The highest BCUT2D eigenvalue weighted by Crippen LogP contribution is 2.37. The number of benzene rings is 2. The fourth-order valence-corrected chi connectivity index (χ4v) is 5.82. The zero-order valence-electron chi connectivity index (χ0n) is 23.7. The van der Waals surface area contributed by atoms with Gasteiger partial charge in [-0.05, 0) is 104 Å². The summed E-state index contributed by atoms with van der Waals surface area (Å²) in [7, 11) is 0. The van der Waals surface area contributed by atoms with Crippen LogP contribution in [0.25, 0.3) is 11.1 Å². The molecule has 0 spiro atoms. The van der Waals surface area contributed by atoms with Crippen LogP contribution in [0, 0.1) is 13.8 Å². The molecule has 0 aliphatic rings. The Labute approximate surface area is 251 Å². The number of aromatic nitrogens is 1. The highest BCUT2D eigenvalue weighted by molar-refractivity contribution is 7.97. The summed E-state index contributed by atoms with van der Waals surface area (Å²) in [5.41, 5.74) is 5.53. The Morgan fingerprint density at radius 3 is 2.59 bits per heavy atom. The minimum absolute atomic E-state index is 0.0410. The average Bonchev–Trinajstić information content (AvgIpc) is 2.96. The van der Waals surface area contributed by atoms with Gasteiger partial charge in [0, 0.05) is 47.9 Å². The lowest BCUT2D eigenvalue weighted by Crippen LogP contribution is -2.48. The second kappa shape index (κ2) is 16.2. The SMILES string of the molecule is Cc1cnccc1-c1cccc(C(C)N(CCCCC(=O)NC(O)C(O)C(O)CCO)Sc2cccc(Cl)c2C)c1. The van der Waals surface area contributed by atoms with Crippen LogP contribution in [0.4, 0.5) is 0 Å². The summed E-state index contributed by atoms with van der Waals surface area (Å²) in [6, 6.07) is 16.4. The first-order valence-corrected chi connectivity index (χ1v) is 14.9. The zero-order valence-corrected chi connectivity index (χ0v) is 25.3. The van der Waals surface area contributed by atoms with Crippen LogP contribution >= 0.6 is 23.5 Å². The Morgan fingerprint density at radius 2 is 1.85 bits per heavy atom. The molecule has 0 bridgehead atoms. The van der Waals surface area contributed by atoms with Crippen molar-refractivity contribution in [3.8, 4) is 11.1 Å². The van der Waals surface area contributed by atoms with Gasteiger partial charge < -0.3 is 25.7 Å². The van der Waals surface area contributed by atoms with Crippen molar-refractivity contribution >= 4 is 29.5 Å². The van der Waals surface area contributed by atoms with Crippen LogP contribution in [0.15, 0.2) is 65.8 Å². The number of hydrogen-bond acceptors (Lipinski definition) is 8. The fraction of sp³-hybridized carbons (Fsp3) is 0.419. The van der Waals surface area contributed by atoms with E-state index in [2.05, 4.69) is 52.7 Å². The van der Waals surface area contributed by atoms with Gasteiger partial charge in [0.05, 0.1) is 6.10 Å². The standard InChI is InChI=1S/C31H40ClN3O5S/c1-20-19-33-15-13-25(20)24-9-6-8-23(18-24)22(3)35(41-28-11-7-10-26(32)21(28)2)16-5-4-12-29(38)34-31(40)30(39)27(37)14-17-36/h6-11,13,15,18-19,22,27,30-31,36-37,39-40H,4-5,12,14,16-17H2,1-3H3,(H,34,38). The molecule has 0 aliphatic carbocycles. The van der Waals surface area contributed by atoms with Crippen LogP contribution < -0.4 is 5.32 Å². The first-order chi connectivity index (χ1) is 19.6. The molecule has 1 aromatic heterocycles. The molecule has 0 saturated heterocycles. The number of rotatable bonds is 15. The number of unbranched alkanes of at least 4 members (excludes halogenated alkanes) is 1. The number of halogens is 1. The third-order valence-corrected chi connectivity index (χ3v) is 8.83. The number of pyridine rings is 1. The maximum absolute atomic E-state index is 12.4. The Balaban J connectivity index is 1.69. The van der Waals surface area contributed by atoms with E-state index >= 15 is 0 Å². The molecule has 3 aromatic rings. The van der Waals surface area contributed by atoms with Gasteiger partial charge in [0.15, 0.2) is 6.23 Å². The molecular weight excluding hydrogens is 562 g/mol. The number of aliphatic hydroxyl groups excluding tert-OH is 4. The number of nitrogens with zero attached hydrogens (tertiary/aromatic N) is 2. The molecule has 0 aliphatic heterocycles. The third kappa shape index (κ3) is 9.51. The first-order valence-electron chi connectivity index (χ1n) is 13.8. The van der Waals surface area contributed by atoms with E-state index in [-0.39, 0.29) is 25.5 Å². The van der Waals surface area contributed by atoms with Gasteiger partial charge in [-0.25, -0.2) is 4.31 Å². The van der Waals surface area contributed by atoms with Crippen molar-refractivity contribution in [3.05, 3.63) is 82.6 Å². The van der Waals surface area contributed by atoms with E-state index in [1.54, 1.807) is 18.1 Å². The van der Waals surface area contributed by atoms with Crippen LogP contribution in [0.1, 0.15) is 55.3 Å². The van der Waals surface area contributed by atoms with Crippen LogP contribution in [0.5, 0.6) is 0 Å². The summed E-state index contributed by atoms with van der Waals surface area (Å²) in [4.78, 5) is 17.6. The maximum Gasteiger partial charge on any atom is 0.222 e. The summed E-state index contributed by atoms with van der Waals surface area (Å²) in [5.74, 6) is -0.425. The normalized spacial score (nSPS) is 14.5. The van der Waals surface area contributed by atoms with Crippen LogP contribution in [0.2, 0.25) is 5.02 Å². The number of aliphatic hydroxyl groups is 4. The van der Waals surface area contributed by atoms with Gasteiger partial charge in [0.2, 0.25) is 5.91 Å². The van der Waals surface area contributed by atoms with E-state index in [0.717, 1.165) is 32.7 Å². The van der Waals surface area contributed by atoms with E-state index in [1.165, 1.54) is 0 Å². The van der Waals surface area contributed by atoms with Gasteiger partial charge in [-0.2, -0.15) is 0 Å². The van der Waals surface area contributed by atoms with Crippen molar-refractivity contribution in [2.24, 2.45) is 0 Å².